The number of rotatable bonds is 4. The summed E-state index contributed by atoms with van der Waals surface area (Å²) in [5, 5.41) is 10.3. The highest BCUT2D eigenvalue weighted by atomic mass is 35.5. The van der Waals surface area contributed by atoms with E-state index in [9.17, 15) is 0 Å². The van der Waals surface area contributed by atoms with Crippen molar-refractivity contribution in [2.24, 2.45) is 0 Å². The summed E-state index contributed by atoms with van der Waals surface area (Å²) in [4.78, 5) is 0. The molecule has 0 bridgehead atoms. The molecule has 0 radical (unpaired) electrons. The Morgan fingerprint density at radius 3 is 2.35 bits per heavy atom. The summed E-state index contributed by atoms with van der Waals surface area (Å²) in [6.07, 6.45) is 0. The van der Waals surface area contributed by atoms with Gasteiger partial charge in [0.25, 0.3) is 0 Å². The third-order valence-corrected chi connectivity index (χ3v) is 5.18. The Bertz CT molecular complexity index is 834. The molecule has 0 spiro atoms. The van der Waals surface area contributed by atoms with Gasteiger partial charge in [0, 0.05) is 15.8 Å². The number of nitrogens with two attached hydrogens (primary N) is 1. The largest absolute Gasteiger partial charge is 0.335 e. The number of thioether (sulfide) groups is 1. The molecule has 3 rings (SSSR count). The number of aromatic nitrogens is 3. The predicted molar refractivity (Wildman–Crippen MR) is 96.3 cm³/mol. The average Bonchev–Trinajstić information content (AvgIpc) is 2.89. The van der Waals surface area contributed by atoms with E-state index in [4.69, 9.17) is 29.0 Å². The molecule has 0 aliphatic rings. The lowest BCUT2D eigenvalue weighted by Gasteiger charge is -2.12. The highest BCUT2D eigenvalue weighted by molar-refractivity contribution is 7.99. The van der Waals surface area contributed by atoms with Crippen LogP contribution in [0.25, 0.3) is 11.4 Å². The lowest BCUT2D eigenvalue weighted by molar-refractivity contribution is 0.844. The van der Waals surface area contributed by atoms with E-state index in [1.54, 1.807) is 6.07 Å². The summed E-state index contributed by atoms with van der Waals surface area (Å²) in [6, 6.07) is 15.1. The van der Waals surface area contributed by atoms with Gasteiger partial charge >= 0.3 is 0 Å². The molecule has 3 aromatic rings. The highest BCUT2D eigenvalue weighted by Gasteiger charge is 2.18. The van der Waals surface area contributed by atoms with Crippen LogP contribution in [-0.4, -0.2) is 14.9 Å². The molecular weight excluding hydrogens is 351 g/mol. The van der Waals surface area contributed by atoms with Gasteiger partial charge in [0.05, 0.1) is 5.02 Å². The van der Waals surface area contributed by atoms with Gasteiger partial charge in [-0.25, -0.2) is 4.68 Å². The van der Waals surface area contributed by atoms with Crippen molar-refractivity contribution < 1.29 is 0 Å². The van der Waals surface area contributed by atoms with Crippen molar-refractivity contribution in [3.63, 3.8) is 0 Å². The molecule has 0 saturated carbocycles. The van der Waals surface area contributed by atoms with Crippen LogP contribution in [0.5, 0.6) is 0 Å². The van der Waals surface area contributed by atoms with Crippen molar-refractivity contribution in [3.05, 3.63) is 64.1 Å². The zero-order valence-corrected chi connectivity index (χ0v) is 14.6. The molecule has 0 saturated heterocycles. The minimum atomic E-state index is 0.0919. The third-order valence-electron chi connectivity index (χ3n) is 3.40. The van der Waals surface area contributed by atoms with E-state index in [0.29, 0.717) is 16.0 Å². The van der Waals surface area contributed by atoms with Gasteiger partial charge in [-0.15, -0.1) is 10.2 Å². The molecule has 7 heteroatoms. The van der Waals surface area contributed by atoms with Crippen LogP contribution in [0.3, 0.4) is 0 Å². The SMILES string of the molecule is C[C@H](Sc1nnc(-c2ccccc2Cl)n1N)c1ccccc1Cl. The van der Waals surface area contributed by atoms with E-state index in [-0.39, 0.29) is 5.25 Å². The maximum absolute atomic E-state index is 6.24. The first-order valence-corrected chi connectivity index (χ1v) is 8.58. The Balaban J connectivity index is 1.89. The monoisotopic (exact) mass is 364 g/mol. The minimum Gasteiger partial charge on any atom is -0.335 e. The van der Waals surface area contributed by atoms with Crippen LogP contribution >= 0.6 is 35.0 Å². The molecule has 0 aliphatic carbocycles. The Hall–Kier alpha value is -1.69. The third kappa shape index (κ3) is 3.32. The average molecular weight is 365 g/mol. The molecule has 1 heterocycles. The Labute approximate surface area is 148 Å². The van der Waals surface area contributed by atoms with Crippen molar-refractivity contribution in [2.75, 3.05) is 5.84 Å². The van der Waals surface area contributed by atoms with Crippen molar-refractivity contribution in [3.8, 4) is 11.4 Å². The first-order valence-electron chi connectivity index (χ1n) is 6.94. The predicted octanol–water partition coefficient (Wildman–Crippen LogP) is 4.82. The van der Waals surface area contributed by atoms with E-state index in [1.165, 1.54) is 16.4 Å². The van der Waals surface area contributed by atoms with Gasteiger partial charge in [-0.1, -0.05) is 65.3 Å². The smallest absolute Gasteiger partial charge is 0.210 e. The van der Waals surface area contributed by atoms with Gasteiger partial charge in [0.2, 0.25) is 5.16 Å². The fraction of sp³-hybridized carbons (Fsp3) is 0.125. The fourth-order valence-electron chi connectivity index (χ4n) is 2.21. The second-order valence-corrected chi connectivity index (χ2v) is 7.06. The molecule has 2 N–H and O–H groups in total. The number of nitrogen functional groups attached to an aromatic ring is 1. The topological polar surface area (TPSA) is 56.7 Å². The molecule has 0 unspecified atom stereocenters. The molecule has 0 amide bonds. The van der Waals surface area contributed by atoms with Crippen LogP contribution in [0.2, 0.25) is 10.0 Å². The maximum atomic E-state index is 6.24. The van der Waals surface area contributed by atoms with Crippen LogP contribution in [-0.2, 0) is 0 Å². The van der Waals surface area contributed by atoms with Crippen molar-refractivity contribution >= 4 is 35.0 Å². The molecule has 1 aromatic heterocycles. The van der Waals surface area contributed by atoms with Crippen molar-refractivity contribution in [2.45, 2.75) is 17.3 Å². The van der Waals surface area contributed by atoms with Crippen LogP contribution in [0.1, 0.15) is 17.7 Å². The standard InChI is InChI=1S/C16H14Cl2N4S/c1-10(11-6-2-4-8-13(11)17)23-16-21-20-15(22(16)19)12-7-3-5-9-14(12)18/h2-10H,19H2,1H3/t10-/m0/s1. The highest BCUT2D eigenvalue weighted by Crippen LogP contribution is 2.37. The van der Waals surface area contributed by atoms with Gasteiger partial charge < -0.3 is 5.84 Å². The summed E-state index contributed by atoms with van der Waals surface area (Å²) in [6.45, 7) is 2.05. The summed E-state index contributed by atoms with van der Waals surface area (Å²) < 4.78 is 1.46. The minimum absolute atomic E-state index is 0.0919. The van der Waals surface area contributed by atoms with Crippen LogP contribution < -0.4 is 5.84 Å². The van der Waals surface area contributed by atoms with Crippen LogP contribution in [0.4, 0.5) is 0 Å². The van der Waals surface area contributed by atoms with Gasteiger partial charge in [-0.05, 0) is 30.7 Å². The Kier molecular flexibility index (Phi) is 4.80. The first-order chi connectivity index (χ1) is 11.1. The lowest BCUT2D eigenvalue weighted by Crippen LogP contribution is -2.12. The maximum Gasteiger partial charge on any atom is 0.210 e. The van der Waals surface area contributed by atoms with Gasteiger partial charge in [0.1, 0.15) is 0 Å². The van der Waals surface area contributed by atoms with Gasteiger partial charge in [0.15, 0.2) is 5.82 Å². The first kappa shape index (κ1) is 16.2. The van der Waals surface area contributed by atoms with Crippen LogP contribution in [0, 0.1) is 0 Å². The molecule has 1 atom stereocenters. The van der Waals surface area contributed by atoms with E-state index in [1.807, 2.05) is 42.5 Å². The number of nitrogens with zero attached hydrogens (tertiary/aromatic N) is 3. The quantitative estimate of drug-likeness (QED) is 0.532. The van der Waals surface area contributed by atoms with Crippen molar-refractivity contribution in [1.29, 1.82) is 0 Å². The summed E-state index contributed by atoms with van der Waals surface area (Å²) in [5.74, 6) is 6.68. The zero-order valence-electron chi connectivity index (χ0n) is 12.3. The lowest BCUT2D eigenvalue weighted by atomic mass is 10.2. The molecule has 118 valence electrons. The number of hydrogen-bond donors (Lipinski definition) is 1. The van der Waals surface area contributed by atoms with E-state index < -0.39 is 0 Å². The summed E-state index contributed by atoms with van der Waals surface area (Å²) in [5.41, 5.74) is 1.78. The Morgan fingerprint density at radius 1 is 1.00 bits per heavy atom. The van der Waals surface area contributed by atoms with Gasteiger partial charge in [-0.3, -0.25) is 0 Å². The van der Waals surface area contributed by atoms with E-state index in [0.717, 1.165) is 16.1 Å². The molecular formula is C16H14Cl2N4S. The fourth-order valence-corrected chi connectivity index (χ4v) is 3.73. The van der Waals surface area contributed by atoms with Gasteiger partial charge in [-0.2, -0.15) is 0 Å². The molecule has 0 fully saturated rings. The zero-order chi connectivity index (χ0) is 16.4. The summed E-state index contributed by atoms with van der Waals surface area (Å²) >= 11 is 13.9. The number of halogens is 2. The number of hydrogen-bond acceptors (Lipinski definition) is 4. The second kappa shape index (κ2) is 6.83. The summed E-state index contributed by atoms with van der Waals surface area (Å²) in [7, 11) is 0. The van der Waals surface area contributed by atoms with E-state index >= 15 is 0 Å². The Morgan fingerprint density at radius 2 is 1.65 bits per heavy atom. The molecule has 0 aliphatic heterocycles. The molecule has 2 aromatic carbocycles. The number of benzene rings is 2. The van der Waals surface area contributed by atoms with Crippen LogP contribution in [0.15, 0.2) is 53.7 Å². The normalized spacial score (nSPS) is 12.3. The second-order valence-electron chi connectivity index (χ2n) is 4.94. The molecule has 23 heavy (non-hydrogen) atoms. The molecule has 4 nitrogen and oxygen atoms in total. The van der Waals surface area contributed by atoms with E-state index in [2.05, 4.69) is 17.1 Å². The van der Waals surface area contributed by atoms with Crippen molar-refractivity contribution in [1.82, 2.24) is 14.9 Å².